The van der Waals surface area contributed by atoms with E-state index >= 15 is 0 Å². The molecule has 37 heavy (non-hydrogen) atoms. The van der Waals surface area contributed by atoms with Crippen LogP contribution >= 0.6 is 11.5 Å². The van der Waals surface area contributed by atoms with Crippen molar-refractivity contribution in [3.8, 4) is 0 Å². The summed E-state index contributed by atoms with van der Waals surface area (Å²) >= 11 is 1.47. The maximum absolute atomic E-state index is 13.1. The van der Waals surface area contributed by atoms with Crippen LogP contribution in [0.15, 0.2) is 18.2 Å². The van der Waals surface area contributed by atoms with Crippen LogP contribution in [0.4, 0.5) is 5.69 Å². The molecule has 6 aliphatic rings. The van der Waals surface area contributed by atoms with Gasteiger partial charge in [0.25, 0.3) is 18.9 Å². The summed E-state index contributed by atoms with van der Waals surface area (Å²) in [6.45, 7) is 7.65. The van der Waals surface area contributed by atoms with E-state index in [9.17, 15) is 4.79 Å². The van der Waals surface area contributed by atoms with Crippen molar-refractivity contribution in [2.45, 2.75) is 50.6 Å². The highest BCUT2D eigenvalue weighted by molar-refractivity contribution is 7.13. The van der Waals surface area contributed by atoms with Gasteiger partial charge in [0.05, 0.1) is 4.70 Å². The van der Waals surface area contributed by atoms with Crippen LogP contribution in [0.2, 0.25) is 0 Å². The number of carbonyl (C=O) groups is 3. The van der Waals surface area contributed by atoms with Crippen LogP contribution in [0.5, 0.6) is 0 Å². The summed E-state index contributed by atoms with van der Waals surface area (Å²) in [5.74, 6) is 0.638. The SMILES string of the molecule is O=C(N[C@@H]1CN2CCC1CC2)c1nsc2cc(N3CCN4CCCC3CCC4)ccc12.O=CO.O=CO. The quantitative estimate of drug-likeness (QED) is 0.512. The fourth-order valence-electron chi connectivity index (χ4n) is 6.30. The van der Waals surface area contributed by atoms with Crippen LogP contribution in [-0.4, -0.2) is 101 Å². The molecule has 11 heteroatoms. The summed E-state index contributed by atoms with van der Waals surface area (Å²) in [6, 6.07) is 7.56. The predicted octanol–water partition coefficient (Wildman–Crippen LogP) is 2.59. The van der Waals surface area contributed by atoms with Crippen molar-refractivity contribution in [1.82, 2.24) is 19.5 Å². The number of carbonyl (C=O) groups excluding carboxylic acids is 1. The third-order valence-electron chi connectivity index (χ3n) is 8.10. The van der Waals surface area contributed by atoms with Crippen LogP contribution in [0.3, 0.4) is 0 Å². The molecule has 0 aliphatic carbocycles. The Morgan fingerprint density at radius 1 is 0.946 bits per heavy atom. The molecule has 0 radical (unpaired) electrons. The minimum absolute atomic E-state index is 0.00642. The van der Waals surface area contributed by atoms with E-state index in [0.717, 1.165) is 29.7 Å². The first-order valence-corrected chi connectivity index (χ1v) is 13.9. The number of fused-ring (bicyclic) bond motifs is 10. The van der Waals surface area contributed by atoms with Gasteiger partial charge in [-0.1, -0.05) is 0 Å². The van der Waals surface area contributed by atoms with Gasteiger partial charge in [0.1, 0.15) is 5.69 Å². The molecule has 2 aromatic rings. The Kier molecular flexibility index (Phi) is 9.70. The Labute approximate surface area is 221 Å². The van der Waals surface area contributed by atoms with E-state index in [1.54, 1.807) is 0 Å². The molecule has 8 rings (SSSR count). The second-order valence-corrected chi connectivity index (χ2v) is 10.9. The van der Waals surface area contributed by atoms with Gasteiger partial charge in [-0.15, -0.1) is 0 Å². The summed E-state index contributed by atoms with van der Waals surface area (Å²) < 4.78 is 5.73. The smallest absolute Gasteiger partial charge is 0.290 e. The van der Waals surface area contributed by atoms with Crippen molar-refractivity contribution in [2.75, 3.05) is 50.7 Å². The van der Waals surface area contributed by atoms with Gasteiger partial charge in [0.15, 0.2) is 0 Å². The Morgan fingerprint density at radius 2 is 1.62 bits per heavy atom. The standard InChI is InChI=1S/C24H33N5OS.2CH2O2/c30-24(25-21-16-28-11-7-17(21)8-12-28)23-20-6-5-19(15-22(20)31-26-23)29-14-13-27-9-1-3-18(29)4-2-10-27;2*2-1-3/h5-6,15,17-18,21H,1-4,7-14,16H2,(H,25,30);2*1H,(H,2,3)/t21-;;/m1../s1. The molecule has 6 fully saturated rings. The number of piperidine rings is 3. The first-order valence-electron chi connectivity index (χ1n) is 13.1. The summed E-state index contributed by atoms with van der Waals surface area (Å²) in [4.78, 5) is 37.5. The zero-order chi connectivity index (χ0) is 26.2. The normalized spacial score (nSPS) is 28.4. The molecule has 0 spiro atoms. The molecular weight excluding hydrogens is 494 g/mol. The van der Waals surface area contributed by atoms with Gasteiger partial charge < -0.3 is 30.2 Å². The fourth-order valence-corrected chi connectivity index (χ4v) is 7.11. The number of hydrogen-bond donors (Lipinski definition) is 3. The Morgan fingerprint density at radius 3 is 2.24 bits per heavy atom. The van der Waals surface area contributed by atoms with E-state index in [0.29, 0.717) is 17.7 Å². The van der Waals surface area contributed by atoms with Crippen molar-refractivity contribution in [3.05, 3.63) is 23.9 Å². The van der Waals surface area contributed by atoms with Crippen LogP contribution in [0.25, 0.3) is 10.1 Å². The minimum atomic E-state index is -0.250. The molecule has 1 atom stereocenters. The van der Waals surface area contributed by atoms with Gasteiger partial charge in [-0.05, 0) is 100 Å². The van der Waals surface area contributed by atoms with Gasteiger partial charge in [-0.2, -0.15) is 4.37 Å². The van der Waals surface area contributed by atoms with E-state index in [1.807, 2.05) is 0 Å². The van der Waals surface area contributed by atoms with Crippen molar-refractivity contribution < 1.29 is 24.6 Å². The lowest BCUT2D eigenvalue weighted by atomic mass is 9.84. The van der Waals surface area contributed by atoms with Crippen LogP contribution in [-0.2, 0) is 9.59 Å². The van der Waals surface area contributed by atoms with Gasteiger partial charge in [0, 0.05) is 42.8 Å². The number of carboxylic acid groups (broad SMARTS) is 2. The molecule has 4 bridgehead atoms. The second-order valence-electron chi connectivity index (χ2n) is 10.1. The van der Waals surface area contributed by atoms with E-state index in [4.69, 9.17) is 19.8 Å². The van der Waals surface area contributed by atoms with Crippen LogP contribution in [0, 0.1) is 5.92 Å². The second kappa shape index (κ2) is 13.2. The fraction of sp³-hybridized carbons (Fsp3) is 0.615. The number of rotatable bonds is 3. The average Bonchev–Trinajstić information content (AvgIpc) is 3.28. The van der Waals surface area contributed by atoms with Crippen LogP contribution in [0.1, 0.15) is 49.0 Å². The molecule has 10 nitrogen and oxygen atoms in total. The highest BCUT2D eigenvalue weighted by atomic mass is 32.1. The van der Waals surface area contributed by atoms with E-state index < -0.39 is 0 Å². The first kappa shape index (κ1) is 27.3. The van der Waals surface area contributed by atoms with Crippen molar-refractivity contribution in [2.24, 2.45) is 5.92 Å². The Bertz CT molecular complexity index is 1040. The average molecular weight is 532 g/mol. The number of amides is 1. The van der Waals surface area contributed by atoms with E-state index in [-0.39, 0.29) is 24.9 Å². The number of nitrogens with one attached hydrogen (secondary N) is 1. The molecule has 6 aliphatic heterocycles. The molecule has 1 aromatic heterocycles. The van der Waals surface area contributed by atoms with Gasteiger partial charge in [0.2, 0.25) is 0 Å². The largest absolute Gasteiger partial charge is 0.483 e. The first-order chi connectivity index (χ1) is 18.1. The summed E-state index contributed by atoms with van der Waals surface area (Å²) in [5.41, 5.74) is 1.91. The molecule has 1 aromatic carbocycles. The number of nitrogens with zero attached hydrogens (tertiary/aromatic N) is 4. The third-order valence-corrected chi connectivity index (χ3v) is 8.90. The highest BCUT2D eigenvalue weighted by Crippen LogP contribution is 2.32. The van der Waals surface area contributed by atoms with Gasteiger partial charge in [-0.25, -0.2) is 0 Å². The third kappa shape index (κ3) is 6.58. The molecule has 202 valence electrons. The molecular formula is C26H37N5O5S. The molecule has 3 N–H and O–H groups in total. The van der Waals surface area contributed by atoms with Gasteiger partial charge >= 0.3 is 0 Å². The maximum Gasteiger partial charge on any atom is 0.290 e. The molecule has 0 saturated carbocycles. The van der Waals surface area contributed by atoms with E-state index in [1.165, 1.54) is 81.9 Å². The van der Waals surface area contributed by atoms with Crippen molar-refractivity contribution in [3.63, 3.8) is 0 Å². The minimum Gasteiger partial charge on any atom is -0.483 e. The van der Waals surface area contributed by atoms with E-state index in [2.05, 4.69) is 42.6 Å². The lowest BCUT2D eigenvalue weighted by Gasteiger charge is -2.44. The van der Waals surface area contributed by atoms with Crippen molar-refractivity contribution in [1.29, 1.82) is 0 Å². The number of aromatic nitrogens is 1. The molecule has 6 saturated heterocycles. The Hall–Kier alpha value is -2.76. The number of anilines is 1. The highest BCUT2D eigenvalue weighted by Gasteiger charge is 2.35. The Balaban J connectivity index is 0.000000489. The summed E-state index contributed by atoms with van der Waals surface area (Å²) in [5, 5.41) is 18.1. The molecule has 1 amide bonds. The zero-order valence-electron chi connectivity index (χ0n) is 21.1. The number of hydrogen-bond acceptors (Lipinski definition) is 8. The van der Waals surface area contributed by atoms with Gasteiger partial charge in [-0.3, -0.25) is 14.4 Å². The topological polar surface area (TPSA) is 126 Å². The zero-order valence-corrected chi connectivity index (χ0v) is 21.9. The van der Waals surface area contributed by atoms with Crippen molar-refractivity contribution >= 4 is 46.2 Å². The summed E-state index contributed by atoms with van der Waals surface area (Å²) in [6.07, 6.45) is 7.58. The number of benzene rings is 1. The predicted molar refractivity (Wildman–Crippen MR) is 143 cm³/mol. The van der Waals surface area contributed by atoms with Crippen LogP contribution < -0.4 is 10.2 Å². The monoisotopic (exact) mass is 531 g/mol. The lowest BCUT2D eigenvalue weighted by molar-refractivity contribution is -0.123. The summed E-state index contributed by atoms with van der Waals surface area (Å²) in [7, 11) is 0. The maximum atomic E-state index is 13.1. The lowest BCUT2D eigenvalue weighted by Crippen LogP contribution is -2.57. The molecule has 0 unspecified atom stereocenters. The molecule has 7 heterocycles.